The van der Waals surface area contributed by atoms with Crippen molar-refractivity contribution in [1.29, 1.82) is 0 Å². The molecule has 0 radical (unpaired) electrons. The number of rotatable bonds is 6. The molecule has 0 aliphatic rings. The van der Waals surface area contributed by atoms with Crippen LogP contribution in [0.3, 0.4) is 0 Å². The Hall–Kier alpha value is -3.23. The molecule has 3 rings (SSSR count). The number of sulfonamides is 1. The minimum absolute atomic E-state index is 0.111. The van der Waals surface area contributed by atoms with E-state index in [0.29, 0.717) is 5.69 Å². The Morgan fingerprint density at radius 1 is 1.00 bits per heavy atom. The molecule has 0 saturated heterocycles. The first kappa shape index (κ1) is 21.5. The zero-order chi connectivity index (χ0) is 21.9. The maximum atomic E-state index is 12.9. The minimum atomic E-state index is -3.86. The van der Waals surface area contributed by atoms with E-state index in [2.05, 4.69) is 10.1 Å². The van der Waals surface area contributed by atoms with E-state index in [-0.39, 0.29) is 17.0 Å². The number of esters is 1. The lowest BCUT2D eigenvalue weighted by atomic mass is 10.1. The number of ether oxygens (including phenoxy) is 1. The molecule has 3 aromatic rings. The van der Waals surface area contributed by atoms with Gasteiger partial charge in [0.2, 0.25) is 15.9 Å². The van der Waals surface area contributed by atoms with Crippen LogP contribution in [0.1, 0.15) is 15.9 Å². The third kappa shape index (κ3) is 4.50. The Balaban J connectivity index is 1.76. The summed E-state index contributed by atoms with van der Waals surface area (Å²) in [7, 11) is -1.24. The van der Waals surface area contributed by atoms with Crippen LogP contribution in [0, 0.1) is 6.92 Å². The Morgan fingerprint density at radius 2 is 1.70 bits per heavy atom. The molecule has 0 spiro atoms. The van der Waals surface area contributed by atoms with Crippen LogP contribution in [-0.2, 0) is 19.6 Å². The third-order valence-electron chi connectivity index (χ3n) is 4.73. The first-order chi connectivity index (χ1) is 14.2. The van der Waals surface area contributed by atoms with Crippen LogP contribution in [0.4, 0.5) is 5.69 Å². The molecular weight excluding hydrogens is 404 g/mol. The lowest BCUT2D eigenvalue weighted by Gasteiger charge is -2.18. The Kier molecular flexibility index (Phi) is 6.19. The molecule has 7 nitrogen and oxygen atoms in total. The van der Waals surface area contributed by atoms with Crippen molar-refractivity contribution in [3.8, 4) is 0 Å². The predicted molar refractivity (Wildman–Crippen MR) is 115 cm³/mol. The number of amides is 1. The van der Waals surface area contributed by atoms with E-state index in [1.54, 1.807) is 31.2 Å². The van der Waals surface area contributed by atoms with Gasteiger partial charge in [0.15, 0.2) is 0 Å². The summed E-state index contributed by atoms with van der Waals surface area (Å²) in [5.74, 6) is -1.05. The van der Waals surface area contributed by atoms with Crippen molar-refractivity contribution in [2.75, 3.05) is 26.0 Å². The number of hydrogen-bond donors (Lipinski definition) is 1. The highest BCUT2D eigenvalue weighted by Gasteiger charge is 2.23. The zero-order valence-electron chi connectivity index (χ0n) is 16.9. The highest BCUT2D eigenvalue weighted by Crippen LogP contribution is 2.22. The van der Waals surface area contributed by atoms with Gasteiger partial charge in [-0.15, -0.1) is 0 Å². The van der Waals surface area contributed by atoms with Crippen molar-refractivity contribution in [2.45, 2.75) is 11.8 Å². The van der Waals surface area contributed by atoms with Crippen molar-refractivity contribution in [1.82, 2.24) is 4.31 Å². The number of nitrogens with one attached hydrogen (secondary N) is 1. The van der Waals surface area contributed by atoms with E-state index in [1.807, 2.05) is 24.3 Å². The second kappa shape index (κ2) is 8.64. The quantitative estimate of drug-likeness (QED) is 0.611. The van der Waals surface area contributed by atoms with Crippen LogP contribution < -0.4 is 5.32 Å². The minimum Gasteiger partial charge on any atom is -0.465 e. The van der Waals surface area contributed by atoms with Gasteiger partial charge in [0, 0.05) is 12.7 Å². The van der Waals surface area contributed by atoms with Gasteiger partial charge in [-0.3, -0.25) is 4.79 Å². The number of hydrogen-bond acceptors (Lipinski definition) is 5. The summed E-state index contributed by atoms with van der Waals surface area (Å²) in [6.45, 7) is 1.39. The van der Waals surface area contributed by atoms with Gasteiger partial charge in [0.1, 0.15) is 0 Å². The van der Waals surface area contributed by atoms with E-state index in [0.717, 1.165) is 20.6 Å². The Labute approximate surface area is 175 Å². The van der Waals surface area contributed by atoms with E-state index in [9.17, 15) is 18.0 Å². The van der Waals surface area contributed by atoms with Crippen LogP contribution in [-0.4, -0.2) is 45.3 Å². The van der Waals surface area contributed by atoms with Crippen LogP contribution in [0.2, 0.25) is 0 Å². The average molecular weight is 426 g/mol. The smallest absolute Gasteiger partial charge is 0.337 e. The molecule has 0 bridgehead atoms. The normalized spacial score (nSPS) is 11.5. The van der Waals surface area contributed by atoms with Crippen LogP contribution in [0.15, 0.2) is 65.6 Å². The van der Waals surface area contributed by atoms with Gasteiger partial charge in [0.25, 0.3) is 0 Å². The Morgan fingerprint density at radius 3 is 2.40 bits per heavy atom. The standard InChI is InChI=1S/C22H22N2O5S/c1-15-8-9-18(22(26)29-3)13-20(15)23-21(25)14-24(2)30(27,28)19-11-10-16-6-4-5-7-17(16)12-19/h4-13H,14H2,1-3H3,(H,23,25). The third-order valence-corrected chi connectivity index (χ3v) is 6.53. The molecule has 30 heavy (non-hydrogen) atoms. The summed E-state index contributed by atoms with van der Waals surface area (Å²) in [6.07, 6.45) is 0. The molecule has 156 valence electrons. The SMILES string of the molecule is COC(=O)c1ccc(C)c(NC(=O)CN(C)S(=O)(=O)c2ccc3ccccc3c2)c1. The molecule has 8 heteroatoms. The molecule has 0 aliphatic heterocycles. The molecule has 0 atom stereocenters. The van der Waals surface area contributed by atoms with Crippen LogP contribution in [0.25, 0.3) is 10.8 Å². The molecule has 0 aromatic heterocycles. The number of carbonyl (C=O) groups is 2. The molecule has 0 saturated carbocycles. The van der Waals surface area contributed by atoms with Gasteiger partial charge in [-0.1, -0.05) is 36.4 Å². The highest BCUT2D eigenvalue weighted by molar-refractivity contribution is 7.89. The maximum Gasteiger partial charge on any atom is 0.337 e. The summed E-state index contributed by atoms with van der Waals surface area (Å²) in [5.41, 5.74) is 1.44. The van der Waals surface area contributed by atoms with E-state index in [1.165, 1.54) is 26.3 Å². The first-order valence-corrected chi connectivity index (χ1v) is 10.6. The monoisotopic (exact) mass is 426 g/mol. The van der Waals surface area contributed by atoms with Crippen LogP contribution >= 0.6 is 0 Å². The van der Waals surface area contributed by atoms with E-state index >= 15 is 0 Å². The number of nitrogens with zero attached hydrogens (tertiary/aromatic N) is 1. The van der Waals surface area contributed by atoms with Crippen molar-refractivity contribution in [3.05, 3.63) is 71.8 Å². The number of anilines is 1. The summed E-state index contributed by atoms with van der Waals surface area (Å²) in [4.78, 5) is 24.3. The predicted octanol–water partition coefficient (Wildman–Crippen LogP) is 3.19. The van der Waals surface area contributed by atoms with E-state index < -0.39 is 21.9 Å². The largest absolute Gasteiger partial charge is 0.465 e. The van der Waals surface area contributed by atoms with Crippen molar-refractivity contribution in [2.24, 2.45) is 0 Å². The lowest BCUT2D eigenvalue weighted by molar-refractivity contribution is -0.116. The highest BCUT2D eigenvalue weighted by atomic mass is 32.2. The first-order valence-electron chi connectivity index (χ1n) is 9.16. The number of likely N-dealkylation sites (N-methyl/N-ethyl adjacent to an activating group) is 1. The topological polar surface area (TPSA) is 92.8 Å². The van der Waals surface area contributed by atoms with Gasteiger partial charge in [-0.25, -0.2) is 13.2 Å². The molecule has 0 unspecified atom stereocenters. The average Bonchev–Trinajstić information content (AvgIpc) is 2.74. The van der Waals surface area contributed by atoms with Crippen molar-refractivity contribution in [3.63, 3.8) is 0 Å². The van der Waals surface area contributed by atoms with Gasteiger partial charge >= 0.3 is 5.97 Å². The molecule has 1 amide bonds. The number of fused-ring (bicyclic) bond motifs is 1. The summed E-state index contributed by atoms with van der Waals surface area (Å²) >= 11 is 0. The fourth-order valence-electron chi connectivity index (χ4n) is 2.99. The summed E-state index contributed by atoms with van der Waals surface area (Å²) < 4.78 is 31.5. The van der Waals surface area contributed by atoms with Gasteiger partial charge in [0.05, 0.1) is 24.1 Å². The second-order valence-corrected chi connectivity index (χ2v) is 8.88. The number of carbonyl (C=O) groups excluding carboxylic acids is 2. The maximum absolute atomic E-state index is 12.9. The molecule has 0 aliphatic carbocycles. The molecular formula is C22H22N2O5S. The molecule has 0 fully saturated rings. The molecule has 0 heterocycles. The van der Waals surface area contributed by atoms with Crippen molar-refractivity contribution >= 4 is 38.4 Å². The van der Waals surface area contributed by atoms with Crippen molar-refractivity contribution < 1.29 is 22.7 Å². The number of aryl methyl sites for hydroxylation is 1. The molecule has 1 N–H and O–H groups in total. The number of methoxy groups -OCH3 is 1. The van der Waals surface area contributed by atoms with E-state index in [4.69, 9.17) is 0 Å². The summed E-state index contributed by atoms with van der Waals surface area (Å²) in [5, 5.41) is 4.39. The Bertz CT molecular complexity index is 1220. The van der Waals surface area contributed by atoms with Gasteiger partial charge < -0.3 is 10.1 Å². The fraction of sp³-hybridized carbons (Fsp3) is 0.182. The molecule has 3 aromatic carbocycles. The number of benzene rings is 3. The lowest BCUT2D eigenvalue weighted by Crippen LogP contribution is -2.35. The van der Waals surface area contributed by atoms with Gasteiger partial charge in [-0.05, 0) is 47.5 Å². The van der Waals surface area contributed by atoms with Gasteiger partial charge in [-0.2, -0.15) is 4.31 Å². The van der Waals surface area contributed by atoms with Crippen LogP contribution in [0.5, 0.6) is 0 Å². The summed E-state index contributed by atoms with van der Waals surface area (Å²) in [6, 6.07) is 17.1. The second-order valence-electron chi connectivity index (χ2n) is 6.84. The zero-order valence-corrected chi connectivity index (χ0v) is 17.7. The fourth-order valence-corrected chi connectivity index (χ4v) is 4.15.